The topological polar surface area (TPSA) is 35.6 Å². The molecule has 2 aromatic heterocycles. The van der Waals surface area contributed by atoms with Gasteiger partial charge in [-0.2, -0.15) is 5.10 Å². The van der Waals surface area contributed by atoms with E-state index < -0.39 is 0 Å². The van der Waals surface area contributed by atoms with Crippen LogP contribution in [0.1, 0.15) is 11.1 Å². The van der Waals surface area contributed by atoms with Crippen LogP contribution >= 0.6 is 0 Å². The minimum Gasteiger partial charge on any atom is -0.299 e. The molecule has 0 aliphatic heterocycles. The van der Waals surface area contributed by atoms with E-state index in [1.54, 1.807) is 0 Å². The minimum atomic E-state index is 0.978. The van der Waals surface area contributed by atoms with Crippen LogP contribution in [0.4, 0.5) is 0 Å². The fraction of sp³-hybridized carbons (Fsp3) is 0.0833. The van der Waals surface area contributed by atoms with Gasteiger partial charge in [0.25, 0.3) is 0 Å². The van der Waals surface area contributed by atoms with Gasteiger partial charge in [0.15, 0.2) is 0 Å². The Labute approximate surface area is 163 Å². The summed E-state index contributed by atoms with van der Waals surface area (Å²) in [6.07, 6.45) is 3.73. The van der Waals surface area contributed by atoms with Crippen LogP contribution in [0.5, 0.6) is 0 Å². The molecule has 0 aliphatic rings. The molecule has 0 saturated carbocycles. The Morgan fingerprint density at radius 2 is 1.39 bits per heavy atom. The van der Waals surface area contributed by atoms with Gasteiger partial charge in [0.05, 0.1) is 28.6 Å². The standard InChI is InChI=1S/C24H20N4/c1-17-3-8-20(9-4-17)27-16-25-22-12-7-19(15-24(22)27)23-13-14-26-28(23)21-10-5-18(2)6-11-21/h3-16H,1-2H3. The van der Waals surface area contributed by atoms with E-state index in [1.807, 2.05) is 23.3 Å². The predicted octanol–water partition coefficient (Wildman–Crippen LogP) is 5.50. The van der Waals surface area contributed by atoms with Crippen molar-refractivity contribution in [3.05, 3.63) is 96.4 Å². The second-order valence-electron chi connectivity index (χ2n) is 7.12. The van der Waals surface area contributed by atoms with Crippen LogP contribution in [0.15, 0.2) is 85.3 Å². The number of nitrogens with zero attached hydrogens (tertiary/aromatic N) is 4. The maximum atomic E-state index is 4.57. The highest BCUT2D eigenvalue weighted by Crippen LogP contribution is 2.27. The van der Waals surface area contributed by atoms with Crippen LogP contribution in [-0.2, 0) is 0 Å². The molecule has 0 bridgehead atoms. The molecule has 5 aromatic rings. The monoisotopic (exact) mass is 364 g/mol. The zero-order chi connectivity index (χ0) is 19.1. The summed E-state index contributed by atoms with van der Waals surface area (Å²) in [7, 11) is 0. The maximum absolute atomic E-state index is 4.57. The summed E-state index contributed by atoms with van der Waals surface area (Å²) in [5.41, 5.74) is 8.87. The normalized spacial score (nSPS) is 11.2. The van der Waals surface area contributed by atoms with Gasteiger partial charge in [-0.1, -0.05) is 41.5 Å². The summed E-state index contributed by atoms with van der Waals surface area (Å²) in [6.45, 7) is 4.19. The maximum Gasteiger partial charge on any atom is 0.100 e. The molecule has 0 aliphatic carbocycles. The fourth-order valence-corrected chi connectivity index (χ4v) is 3.49. The van der Waals surface area contributed by atoms with Crippen molar-refractivity contribution in [3.8, 4) is 22.6 Å². The summed E-state index contributed by atoms with van der Waals surface area (Å²) in [5.74, 6) is 0. The summed E-state index contributed by atoms with van der Waals surface area (Å²) in [6, 6.07) is 25.3. The second-order valence-corrected chi connectivity index (χ2v) is 7.12. The Kier molecular flexibility index (Phi) is 3.83. The smallest absolute Gasteiger partial charge is 0.100 e. The number of imidazole rings is 1. The van der Waals surface area contributed by atoms with Crippen molar-refractivity contribution in [2.45, 2.75) is 13.8 Å². The first kappa shape index (κ1) is 16.5. The van der Waals surface area contributed by atoms with Crippen LogP contribution in [0, 0.1) is 13.8 Å². The van der Waals surface area contributed by atoms with Crippen LogP contribution in [0.2, 0.25) is 0 Å². The first-order valence-electron chi connectivity index (χ1n) is 9.35. The van der Waals surface area contributed by atoms with Crippen LogP contribution < -0.4 is 0 Å². The van der Waals surface area contributed by atoms with Gasteiger partial charge in [-0.05, 0) is 56.3 Å². The minimum absolute atomic E-state index is 0.978. The summed E-state index contributed by atoms with van der Waals surface area (Å²) < 4.78 is 4.11. The largest absolute Gasteiger partial charge is 0.299 e. The fourth-order valence-electron chi connectivity index (χ4n) is 3.49. The Balaban J connectivity index is 1.63. The van der Waals surface area contributed by atoms with Crippen LogP contribution in [0.3, 0.4) is 0 Å². The molecule has 0 spiro atoms. The molecule has 4 nitrogen and oxygen atoms in total. The van der Waals surface area contributed by atoms with E-state index in [0.717, 1.165) is 33.7 Å². The molecule has 4 heteroatoms. The van der Waals surface area contributed by atoms with E-state index in [4.69, 9.17) is 0 Å². The summed E-state index contributed by atoms with van der Waals surface area (Å²) in [4.78, 5) is 4.57. The SMILES string of the molecule is Cc1ccc(-n2nccc2-c2ccc3ncn(-c4ccc(C)cc4)c3c2)cc1. The molecule has 0 atom stereocenters. The first-order valence-corrected chi connectivity index (χ1v) is 9.35. The highest BCUT2D eigenvalue weighted by Gasteiger charge is 2.11. The highest BCUT2D eigenvalue weighted by atomic mass is 15.3. The molecule has 3 aromatic carbocycles. The lowest BCUT2D eigenvalue weighted by Crippen LogP contribution is -1.99. The second kappa shape index (κ2) is 6.50. The average Bonchev–Trinajstić information content (AvgIpc) is 3.36. The number of fused-ring (bicyclic) bond motifs is 1. The van der Waals surface area contributed by atoms with E-state index in [-0.39, 0.29) is 0 Å². The number of aromatic nitrogens is 4. The Morgan fingerprint density at radius 1 is 0.714 bits per heavy atom. The van der Waals surface area contributed by atoms with Gasteiger partial charge in [-0.3, -0.25) is 4.57 Å². The Hall–Kier alpha value is -3.66. The lowest BCUT2D eigenvalue weighted by molar-refractivity contribution is 0.887. The third kappa shape index (κ3) is 2.79. The van der Waals surface area contributed by atoms with Crippen LogP contribution in [-0.4, -0.2) is 19.3 Å². The number of aryl methyl sites for hydroxylation is 2. The number of hydrogen-bond donors (Lipinski definition) is 0. The number of benzene rings is 3. The number of hydrogen-bond acceptors (Lipinski definition) is 2. The molecule has 0 N–H and O–H groups in total. The first-order chi connectivity index (χ1) is 13.7. The van der Waals surface area contributed by atoms with Crippen molar-refractivity contribution in [3.63, 3.8) is 0 Å². The molecule has 5 rings (SSSR count). The van der Waals surface area contributed by atoms with Crippen molar-refractivity contribution in [2.24, 2.45) is 0 Å². The highest BCUT2D eigenvalue weighted by molar-refractivity contribution is 5.83. The van der Waals surface area contributed by atoms with Crippen molar-refractivity contribution < 1.29 is 0 Å². The van der Waals surface area contributed by atoms with E-state index in [9.17, 15) is 0 Å². The molecule has 2 heterocycles. The molecule has 0 radical (unpaired) electrons. The van der Waals surface area contributed by atoms with Gasteiger partial charge in [-0.25, -0.2) is 9.67 Å². The molecule has 0 unspecified atom stereocenters. The molecule has 0 fully saturated rings. The third-order valence-electron chi connectivity index (χ3n) is 5.08. The van der Waals surface area contributed by atoms with E-state index in [2.05, 4.69) is 95.2 Å². The lowest BCUT2D eigenvalue weighted by Gasteiger charge is -2.09. The van der Waals surface area contributed by atoms with Crippen molar-refractivity contribution in [2.75, 3.05) is 0 Å². The molecule has 0 amide bonds. The molecule has 28 heavy (non-hydrogen) atoms. The van der Waals surface area contributed by atoms with Gasteiger partial charge in [0.1, 0.15) is 6.33 Å². The predicted molar refractivity (Wildman–Crippen MR) is 113 cm³/mol. The van der Waals surface area contributed by atoms with Gasteiger partial charge in [0.2, 0.25) is 0 Å². The number of rotatable bonds is 3. The molecular weight excluding hydrogens is 344 g/mol. The summed E-state index contributed by atoms with van der Waals surface area (Å²) in [5, 5.41) is 4.54. The van der Waals surface area contributed by atoms with Gasteiger partial charge in [-0.15, -0.1) is 0 Å². The average molecular weight is 364 g/mol. The quantitative estimate of drug-likeness (QED) is 0.424. The van der Waals surface area contributed by atoms with Crippen molar-refractivity contribution >= 4 is 11.0 Å². The molecular formula is C24H20N4. The van der Waals surface area contributed by atoms with E-state index >= 15 is 0 Å². The molecule has 0 saturated heterocycles. The third-order valence-corrected chi connectivity index (χ3v) is 5.08. The van der Waals surface area contributed by atoms with Crippen molar-refractivity contribution in [1.82, 2.24) is 19.3 Å². The van der Waals surface area contributed by atoms with Crippen molar-refractivity contribution in [1.29, 1.82) is 0 Å². The zero-order valence-electron chi connectivity index (χ0n) is 15.9. The summed E-state index contributed by atoms with van der Waals surface area (Å²) >= 11 is 0. The van der Waals surface area contributed by atoms with Gasteiger partial charge in [0, 0.05) is 11.3 Å². The van der Waals surface area contributed by atoms with E-state index in [0.29, 0.717) is 0 Å². The molecule has 136 valence electrons. The lowest BCUT2D eigenvalue weighted by atomic mass is 10.1. The van der Waals surface area contributed by atoms with Gasteiger partial charge >= 0.3 is 0 Å². The van der Waals surface area contributed by atoms with E-state index in [1.165, 1.54) is 11.1 Å². The Morgan fingerprint density at radius 3 is 2.11 bits per heavy atom. The van der Waals surface area contributed by atoms with Gasteiger partial charge < -0.3 is 0 Å². The Bertz CT molecular complexity index is 1260. The zero-order valence-corrected chi connectivity index (χ0v) is 15.9. The van der Waals surface area contributed by atoms with Crippen LogP contribution in [0.25, 0.3) is 33.7 Å².